The molecule has 4 aromatic rings. The van der Waals surface area contributed by atoms with Crippen molar-refractivity contribution in [3.05, 3.63) is 120 Å². The first-order chi connectivity index (χ1) is 22.6. The van der Waals surface area contributed by atoms with Crippen LogP contribution < -0.4 is 5.32 Å². The maximum absolute atomic E-state index is 12.9. The van der Waals surface area contributed by atoms with Crippen LogP contribution in [0.25, 0.3) is 0 Å². The molecule has 6 N–H and O–H groups in total. The lowest BCUT2D eigenvalue weighted by Crippen LogP contribution is -2.50. The van der Waals surface area contributed by atoms with Gasteiger partial charge in [0.05, 0.1) is 35.7 Å². The van der Waals surface area contributed by atoms with E-state index >= 15 is 0 Å². The average Bonchev–Trinajstić information content (AvgIpc) is 3.09. The third-order valence-electron chi connectivity index (χ3n) is 7.48. The number of aromatic nitrogens is 3. The fourth-order valence-electron chi connectivity index (χ4n) is 4.76. The molecule has 47 heavy (non-hydrogen) atoms. The summed E-state index contributed by atoms with van der Waals surface area (Å²) in [4.78, 5) is 42.3. The van der Waals surface area contributed by atoms with Crippen LogP contribution in [0.1, 0.15) is 33.0 Å². The van der Waals surface area contributed by atoms with Crippen molar-refractivity contribution in [3.63, 3.8) is 0 Å². The SMILES string of the molecule is CN(CC(O)C(O)C(O)C(O)CO)C(=O)Cc1ccc(NC(=O)c2ccc(CN(Cc3ccccn3)Cc3ccccn3)nc2)cc1. The molecule has 0 radical (unpaired) electrons. The molecule has 0 spiro atoms. The van der Waals surface area contributed by atoms with E-state index in [4.69, 9.17) is 5.11 Å². The Balaban J connectivity index is 1.29. The number of anilines is 1. The second kappa shape index (κ2) is 17.3. The van der Waals surface area contributed by atoms with E-state index in [1.54, 1.807) is 42.7 Å². The molecule has 0 saturated carbocycles. The van der Waals surface area contributed by atoms with Gasteiger partial charge >= 0.3 is 0 Å². The molecular weight excluding hydrogens is 604 g/mol. The third kappa shape index (κ3) is 10.7. The molecule has 3 heterocycles. The van der Waals surface area contributed by atoms with Gasteiger partial charge in [0, 0.05) is 57.5 Å². The average molecular weight is 645 g/mol. The molecule has 4 unspecified atom stereocenters. The minimum atomic E-state index is -1.77. The van der Waals surface area contributed by atoms with E-state index < -0.39 is 31.0 Å². The lowest BCUT2D eigenvalue weighted by molar-refractivity contribution is -0.137. The predicted molar refractivity (Wildman–Crippen MR) is 173 cm³/mol. The molecule has 13 nitrogen and oxygen atoms in total. The lowest BCUT2D eigenvalue weighted by atomic mass is 10.0. The summed E-state index contributed by atoms with van der Waals surface area (Å²) in [5.41, 5.74) is 4.19. The first kappa shape index (κ1) is 35.2. The smallest absolute Gasteiger partial charge is 0.257 e. The number of carbonyl (C=O) groups excluding carboxylic acids is 2. The van der Waals surface area contributed by atoms with E-state index in [2.05, 4.69) is 25.2 Å². The number of hydrogen-bond acceptors (Lipinski definition) is 11. The van der Waals surface area contributed by atoms with Crippen molar-refractivity contribution in [2.45, 2.75) is 50.5 Å². The molecule has 0 fully saturated rings. The summed E-state index contributed by atoms with van der Waals surface area (Å²) >= 11 is 0. The fourth-order valence-corrected chi connectivity index (χ4v) is 4.76. The first-order valence-electron chi connectivity index (χ1n) is 15.1. The van der Waals surface area contributed by atoms with Gasteiger partial charge in [-0.3, -0.25) is 29.4 Å². The predicted octanol–water partition coefficient (Wildman–Crippen LogP) is 0.763. The second-order valence-corrected chi connectivity index (χ2v) is 11.2. The molecule has 0 bridgehead atoms. The van der Waals surface area contributed by atoms with Crippen molar-refractivity contribution in [2.75, 3.05) is 25.5 Å². The largest absolute Gasteiger partial charge is 0.394 e. The number of amides is 2. The van der Waals surface area contributed by atoms with Gasteiger partial charge in [-0.25, -0.2) is 0 Å². The maximum atomic E-state index is 12.9. The Bertz CT molecular complexity index is 1500. The summed E-state index contributed by atoms with van der Waals surface area (Å²) in [5, 5.41) is 51.1. The van der Waals surface area contributed by atoms with E-state index in [1.807, 2.05) is 42.5 Å². The van der Waals surface area contributed by atoms with E-state index in [-0.39, 0.29) is 24.8 Å². The van der Waals surface area contributed by atoms with Crippen LogP contribution in [0, 0.1) is 0 Å². The highest BCUT2D eigenvalue weighted by Gasteiger charge is 2.31. The molecule has 0 aliphatic rings. The Kier molecular flexibility index (Phi) is 13.0. The van der Waals surface area contributed by atoms with Crippen LogP contribution in [0.15, 0.2) is 91.4 Å². The van der Waals surface area contributed by atoms with Crippen molar-refractivity contribution in [1.82, 2.24) is 24.8 Å². The summed E-state index contributed by atoms with van der Waals surface area (Å²) < 4.78 is 0. The summed E-state index contributed by atoms with van der Waals surface area (Å²) in [6.45, 7) is 0.636. The van der Waals surface area contributed by atoms with E-state index in [0.29, 0.717) is 36.4 Å². The van der Waals surface area contributed by atoms with Crippen LogP contribution in [0.2, 0.25) is 0 Å². The van der Waals surface area contributed by atoms with Crippen molar-refractivity contribution in [3.8, 4) is 0 Å². The van der Waals surface area contributed by atoms with Gasteiger partial charge < -0.3 is 35.7 Å². The van der Waals surface area contributed by atoms with E-state index in [0.717, 1.165) is 17.1 Å². The van der Waals surface area contributed by atoms with Gasteiger partial charge in [-0.2, -0.15) is 0 Å². The van der Waals surface area contributed by atoms with Crippen molar-refractivity contribution < 1.29 is 35.1 Å². The van der Waals surface area contributed by atoms with Crippen LogP contribution in [-0.4, -0.2) is 107 Å². The molecular formula is C34H40N6O7. The lowest BCUT2D eigenvalue weighted by Gasteiger charge is -2.28. The third-order valence-corrected chi connectivity index (χ3v) is 7.48. The summed E-state index contributed by atoms with van der Waals surface area (Å²) in [7, 11) is 1.43. The molecule has 0 aliphatic heterocycles. The van der Waals surface area contributed by atoms with E-state index in [1.165, 1.54) is 18.1 Å². The highest BCUT2D eigenvalue weighted by Crippen LogP contribution is 2.15. The molecule has 4 atom stereocenters. The second-order valence-electron chi connectivity index (χ2n) is 11.2. The number of aliphatic hydroxyl groups excluding tert-OH is 5. The molecule has 0 saturated heterocycles. The molecule has 2 amide bonds. The Hall–Kier alpha value is -4.63. The summed E-state index contributed by atoms with van der Waals surface area (Å²) in [6, 6.07) is 21.8. The maximum Gasteiger partial charge on any atom is 0.257 e. The molecule has 3 aromatic heterocycles. The van der Waals surface area contributed by atoms with Crippen molar-refractivity contribution in [1.29, 1.82) is 0 Å². The van der Waals surface area contributed by atoms with E-state index in [9.17, 15) is 30.0 Å². The van der Waals surface area contributed by atoms with Gasteiger partial charge in [-0.1, -0.05) is 24.3 Å². The number of aliphatic hydroxyl groups is 5. The Labute approximate surface area is 272 Å². The summed E-state index contributed by atoms with van der Waals surface area (Å²) in [5.74, 6) is -0.706. The number of likely N-dealkylation sites (N-methyl/N-ethyl adjacent to an activating group) is 1. The summed E-state index contributed by atoms with van der Waals surface area (Å²) in [6.07, 6.45) is -1.67. The van der Waals surface area contributed by atoms with Crippen LogP contribution >= 0.6 is 0 Å². The van der Waals surface area contributed by atoms with Crippen LogP contribution in [-0.2, 0) is 30.8 Å². The number of hydrogen-bond donors (Lipinski definition) is 6. The Morgan fingerprint density at radius 1 is 0.745 bits per heavy atom. The molecule has 13 heteroatoms. The van der Waals surface area contributed by atoms with Crippen LogP contribution in [0.3, 0.4) is 0 Å². The molecule has 4 rings (SSSR count). The van der Waals surface area contributed by atoms with Gasteiger partial charge in [-0.15, -0.1) is 0 Å². The zero-order valence-electron chi connectivity index (χ0n) is 26.0. The fraction of sp³-hybridized carbons (Fsp3) is 0.324. The molecule has 248 valence electrons. The number of rotatable bonds is 16. The Morgan fingerprint density at radius 3 is 1.83 bits per heavy atom. The minimum absolute atomic E-state index is 0.0154. The number of carbonyl (C=O) groups is 2. The van der Waals surface area contributed by atoms with Gasteiger partial charge in [0.1, 0.15) is 24.4 Å². The standard InChI is InChI=1S/C34H40N6O7/c1-39(21-29(42)32(45)33(46)30(43)22-41)31(44)16-23-8-11-25(12-9-23)38-34(47)24-10-13-28(37-17-24)20-40(18-26-6-2-4-14-35-26)19-27-7-3-5-15-36-27/h2-15,17,29-30,32-33,41-43,45-46H,16,18-22H2,1H3,(H,38,47). The number of benzene rings is 1. The topological polar surface area (TPSA) is 192 Å². The number of pyridine rings is 3. The minimum Gasteiger partial charge on any atom is -0.394 e. The highest BCUT2D eigenvalue weighted by molar-refractivity contribution is 6.04. The van der Waals surface area contributed by atoms with Crippen LogP contribution in [0.4, 0.5) is 5.69 Å². The molecule has 1 aromatic carbocycles. The van der Waals surface area contributed by atoms with Crippen molar-refractivity contribution >= 4 is 17.5 Å². The number of nitrogens with one attached hydrogen (secondary N) is 1. The Morgan fingerprint density at radius 2 is 1.32 bits per heavy atom. The van der Waals surface area contributed by atoms with Crippen molar-refractivity contribution in [2.24, 2.45) is 0 Å². The van der Waals surface area contributed by atoms with Gasteiger partial charge in [0.25, 0.3) is 5.91 Å². The quantitative estimate of drug-likeness (QED) is 0.101. The normalized spacial score (nSPS) is 13.9. The van der Waals surface area contributed by atoms with Gasteiger partial charge in [-0.05, 0) is 54.1 Å². The van der Waals surface area contributed by atoms with Crippen LogP contribution in [0.5, 0.6) is 0 Å². The van der Waals surface area contributed by atoms with Gasteiger partial charge in [0.15, 0.2) is 0 Å². The number of nitrogens with zero attached hydrogens (tertiary/aromatic N) is 5. The monoisotopic (exact) mass is 644 g/mol. The molecule has 0 aliphatic carbocycles. The highest BCUT2D eigenvalue weighted by atomic mass is 16.4. The van der Waals surface area contributed by atoms with Gasteiger partial charge in [0.2, 0.25) is 5.91 Å². The first-order valence-corrected chi connectivity index (χ1v) is 15.1. The zero-order chi connectivity index (χ0) is 33.8. The zero-order valence-corrected chi connectivity index (χ0v) is 26.0.